The number of anilines is 2. The Morgan fingerprint density at radius 3 is 2.88 bits per heavy atom. The van der Waals surface area contributed by atoms with Crippen LogP contribution in [0, 0.1) is 0 Å². The van der Waals surface area contributed by atoms with E-state index >= 15 is 0 Å². The van der Waals surface area contributed by atoms with Gasteiger partial charge in [0.1, 0.15) is 0 Å². The molecule has 2 rings (SSSR count). The Hall–Kier alpha value is -1.18. The molecule has 1 aliphatic heterocycles. The van der Waals surface area contributed by atoms with Crippen LogP contribution in [0.15, 0.2) is 0 Å². The first-order valence-corrected chi connectivity index (χ1v) is 5.64. The number of aliphatic hydroxyl groups excluding tert-OH is 1. The van der Waals surface area contributed by atoms with Crippen molar-refractivity contribution in [3.8, 4) is 0 Å². The van der Waals surface area contributed by atoms with Crippen molar-refractivity contribution >= 4 is 23.5 Å². The molecule has 1 aliphatic rings. The molecule has 2 atom stereocenters. The van der Waals surface area contributed by atoms with Gasteiger partial charge in [0.2, 0.25) is 17.2 Å². The van der Waals surface area contributed by atoms with Gasteiger partial charge >= 0.3 is 0 Å². The van der Waals surface area contributed by atoms with Gasteiger partial charge in [0.15, 0.2) is 0 Å². The van der Waals surface area contributed by atoms with Gasteiger partial charge in [-0.3, -0.25) is 0 Å². The Morgan fingerprint density at radius 1 is 1.47 bits per heavy atom. The molecule has 0 radical (unpaired) electrons. The molecule has 1 fully saturated rings. The first-order valence-electron chi connectivity index (χ1n) is 5.27. The number of aliphatic hydroxyl groups is 1. The molecule has 0 bridgehead atoms. The van der Waals surface area contributed by atoms with Crippen LogP contribution >= 0.6 is 11.6 Å². The number of morpholine rings is 1. The zero-order chi connectivity index (χ0) is 12.4. The molecule has 17 heavy (non-hydrogen) atoms. The molecule has 0 aliphatic carbocycles. The van der Waals surface area contributed by atoms with E-state index in [-0.39, 0.29) is 30.0 Å². The molecular weight excluding hydrogens is 246 g/mol. The highest BCUT2D eigenvalue weighted by Crippen LogP contribution is 2.18. The van der Waals surface area contributed by atoms with Crippen LogP contribution in [0.4, 0.5) is 11.9 Å². The van der Waals surface area contributed by atoms with Crippen molar-refractivity contribution in [2.45, 2.75) is 19.1 Å². The summed E-state index contributed by atoms with van der Waals surface area (Å²) in [6.07, 6.45) is -0.270. The predicted molar refractivity (Wildman–Crippen MR) is 62.9 cm³/mol. The first-order chi connectivity index (χ1) is 8.08. The molecule has 0 aromatic carbocycles. The molecule has 2 unspecified atom stereocenters. The number of nitrogens with two attached hydrogens (primary N) is 1. The van der Waals surface area contributed by atoms with Crippen LogP contribution in [0.25, 0.3) is 0 Å². The van der Waals surface area contributed by atoms with Gasteiger partial charge in [-0.05, 0) is 18.5 Å². The molecule has 2 heterocycles. The zero-order valence-corrected chi connectivity index (χ0v) is 10.1. The molecule has 1 aromatic heterocycles. The Balaban J connectivity index is 2.20. The maximum atomic E-state index is 9.13. The number of ether oxygens (including phenoxy) is 1. The van der Waals surface area contributed by atoms with Gasteiger partial charge in [-0.15, -0.1) is 0 Å². The average molecular weight is 260 g/mol. The number of hydrogen-bond donors (Lipinski definition) is 2. The third kappa shape index (κ3) is 2.93. The van der Waals surface area contributed by atoms with E-state index < -0.39 is 0 Å². The van der Waals surface area contributed by atoms with Gasteiger partial charge in [0, 0.05) is 13.1 Å². The highest BCUT2D eigenvalue weighted by molar-refractivity contribution is 6.28. The van der Waals surface area contributed by atoms with Crippen LogP contribution in [0.1, 0.15) is 6.92 Å². The second-order valence-electron chi connectivity index (χ2n) is 3.92. The SMILES string of the molecule is CC1CN(c2nc(N)nc(Cl)n2)CC(CO)O1. The van der Waals surface area contributed by atoms with Crippen LogP contribution in [-0.2, 0) is 4.74 Å². The molecule has 7 nitrogen and oxygen atoms in total. The quantitative estimate of drug-likeness (QED) is 0.752. The predicted octanol–water partition coefficient (Wildman–Crippen LogP) is -0.307. The van der Waals surface area contributed by atoms with Gasteiger partial charge < -0.3 is 20.5 Å². The lowest BCUT2D eigenvalue weighted by Crippen LogP contribution is -2.48. The second kappa shape index (κ2) is 4.99. The van der Waals surface area contributed by atoms with Crippen molar-refractivity contribution in [1.29, 1.82) is 0 Å². The Morgan fingerprint density at radius 2 is 2.24 bits per heavy atom. The second-order valence-corrected chi connectivity index (χ2v) is 4.26. The summed E-state index contributed by atoms with van der Waals surface area (Å²) in [5.41, 5.74) is 5.51. The van der Waals surface area contributed by atoms with Crippen molar-refractivity contribution in [3.05, 3.63) is 5.28 Å². The monoisotopic (exact) mass is 259 g/mol. The standard InChI is InChI=1S/C9H14ClN5O2/c1-5-2-15(3-6(4-16)17-5)9-13-7(10)12-8(11)14-9/h5-6,16H,2-4H2,1H3,(H2,11,12,13,14). The third-order valence-corrected chi connectivity index (χ3v) is 2.60. The Bertz CT molecular complexity index is 385. The van der Waals surface area contributed by atoms with Crippen LogP contribution in [0.5, 0.6) is 0 Å². The fourth-order valence-electron chi connectivity index (χ4n) is 1.81. The summed E-state index contributed by atoms with van der Waals surface area (Å²) >= 11 is 5.73. The van der Waals surface area contributed by atoms with Crippen molar-refractivity contribution in [1.82, 2.24) is 15.0 Å². The van der Waals surface area contributed by atoms with Crippen molar-refractivity contribution < 1.29 is 9.84 Å². The molecule has 0 saturated carbocycles. The summed E-state index contributed by atoms with van der Waals surface area (Å²) in [6, 6.07) is 0. The number of hydrogen-bond acceptors (Lipinski definition) is 7. The first kappa shape index (κ1) is 12.3. The van der Waals surface area contributed by atoms with Crippen molar-refractivity contribution in [3.63, 3.8) is 0 Å². The van der Waals surface area contributed by atoms with Crippen LogP contribution in [0.3, 0.4) is 0 Å². The van der Waals surface area contributed by atoms with Gasteiger partial charge in [0.05, 0.1) is 18.8 Å². The molecule has 0 spiro atoms. The Kier molecular flexibility index (Phi) is 3.60. The van der Waals surface area contributed by atoms with E-state index in [1.165, 1.54) is 0 Å². The summed E-state index contributed by atoms with van der Waals surface area (Å²) in [5, 5.41) is 9.19. The van der Waals surface area contributed by atoms with Gasteiger partial charge in [-0.25, -0.2) is 0 Å². The lowest BCUT2D eigenvalue weighted by atomic mass is 10.2. The van der Waals surface area contributed by atoms with Crippen LogP contribution in [-0.4, -0.2) is 52.0 Å². The van der Waals surface area contributed by atoms with Crippen LogP contribution < -0.4 is 10.6 Å². The minimum Gasteiger partial charge on any atom is -0.394 e. The molecule has 1 aromatic rings. The fraction of sp³-hybridized carbons (Fsp3) is 0.667. The smallest absolute Gasteiger partial charge is 0.231 e. The summed E-state index contributed by atoms with van der Waals surface area (Å²) < 4.78 is 5.52. The number of nitrogens with zero attached hydrogens (tertiary/aromatic N) is 4. The largest absolute Gasteiger partial charge is 0.394 e. The fourth-order valence-corrected chi connectivity index (χ4v) is 1.97. The van der Waals surface area contributed by atoms with E-state index in [1.807, 2.05) is 11.8 Å². The van der Waals surface area contributed by atoms with Crippen molar-refractivity contribution in [2.24, 2.45) is 0 Å². The highest BCUT2D eigenvalue weighted by Gasteiger charge is 2.26. The van der Waals surface area contributed by atoms with E-state index in [4.69, 9.17) is 27.2 Å². The van der Waals surface area contributed by atoms with E-state index in [9.17, 15) is 0 Å². The zero-order valence-electron chi connectivity index (χ0n) is 9.38. The van der Waals surface area contributed by atoms with E-state index in [0.29, 0.717) is 19.0 Å². The Labute approximate surface area is 104 Å². The topological polar surface area (TPSA) is 97.4 Å². The van der Waals surface area contributed by atoms with Gasteiger partial charge in [-0.2, -0.15) is 15.0 Å². The number of halogens is 1. The molecular formula is C9H14ClN5O2. The molecule has 3 N–H and O–H groups in total. The summed E-state index contributed by atoms with van der Waals surface area (Å²) in [4.78, 5) is 13.6. The summed E-state index contributed by atoms with van der Waals surface area (Å²) in [7, 11) is 0. The van der Waals surface area contributed by atoms with Crippen molar-refractivity contribution in [2.75, 3.05) is 30.3 Å². The molecule has 0 amide bonds. The van der Waals surface area contributed by atoms with Crippen LogP contribution in [0.2, 0.25) is 5.28 Å². The molecule has 8 heteroatoms. The molecule has 94 valence electrons. The maximum Gasteiger partial charge on any atom is 0.231 e. The van der Waals surface area contributed by atoms with E-state index in [2.05, 4.69) is 15.0 Å². The lowest BCUT2D eigenvalue weighted by Gasteiger charge is -2.35. The third-order valence-electron chi connectivity index (χ3n) is 2.43. The average Bonchev–Trinajstić information content (AvgIpc) is 2.26. The number of nitrogen functional groups attached to an aromatic ring is 1. The number of aromatic nitrogens is 3. The summed E-state index contributed by atoms with van der Waals surface area (Å²) in [5.74, 6) is 0.496. The minimum absolute atomic E-state index is 0.0161. The lowest BCUT2D eigenvalue weighted by molar-refractivity contribution is -0.0425. The maximum absolute atomic E-state index is 9.13. The number of rotatable bonds is 2. The summed E-state index contributed by atoms with van der Waals surface area (Å²) in [6.45, 7) is 2.99. The van der Waals surface area contributed by atoms with E-state index in [0.717, 1.165) is 0 Å². The normalized spacial score (nSPS) is 25.0. The van der Waals surface area contributed by atoms with Gasteiger partial charge in [0.25, 0.3) is 0 Å². The minimum atomic E-state index is -0.254. The van der Waals surface area contributed by atoms with E-state index in [1.54, 1.807) is 0 Å². The molecule has 1 saturated heterocycles. The van der Waals surface area contributed by atoms with Gasteiger partial charge in [-0.1, -0.05) is 0 Å². The highest BCUT2D eigenvalue weighted by atomic mass is 35.5.